The number of methoxy groups -OCH3 is 1. The van der Waals surface area contributed by atoms with E-state index in [1.54, 1.807) is 30.3 Å². The van der Waals surface area contributed by atoms with E-state index in [0.717, 1.165) is 5.56 Å². The van der Waals surface area contributed by atoms with Gasteiger partial charge in [-0.05, 0) is 37.3 Å². The molecule has 0 bridgehead atoms. The molecule has 6 nitrogen and oxygen atoms in total. The van der Waals surface area contributed by atoms with Crippen LogP contribution >= 0.6 is 0 Å². The lowest BCUT2D eigenvalue weighted by Crippen LogP contribution is -2.17. The van der Waals surface area contributed by atoms with Gasteiger partial charge in [0.2, 0.25) is 0 Å². The van der Waals surface area contributed by atoms with Gasteiger partial charge < -0.3 is 18.9 Å². The fourth-order valence-corrected chi connectivity index (χ4v) is 2.49. The number of benzene rings is 2. The highest BCUT2D eigenvalue weighted by Gasteiger charge is 2.18. The second kappa shape index (κ2) is 7.25. The standard InChI is InChI=1S/C19H18O6/c1-12-3-5-16(22-2)14(9-12)19(21)25-11-15(20)13-4-6-17-18(10-13)24-8-7-23-17/h3-6,9-10H,7-8,11H2,1-2H3. The summed E-state index contributed by atoms with van der Waals surface area (Å²) in [5, 5.41) is 0. The number of hydrogen-bond donors (Lipinski definition) is 0. The number of aryl methyl sites for hydroxylation is 1. The molecule has 0 saturated heterocycles. The van der Waals surface area contributed by atoms with Crippen LogP contribution < -0.4 is 14.2 Å². The largest absolute Gasteiger partial charge is 0.496 e. The predicted molar refractivity (Wildman–Crippen MR) is 89.8 cm³/mol. The van der Waals surface area contributed by atoms with E-state index in [-0.39, 0.29) is 18.0 Å². The van der Waals surface area contributed by atoms with E-state index in [2.05, 4.69) is 0 Å². The van der Waals surface area contributed by atoms with Gasteiger partial charge in [-0.15, -0.1) is 0 Å². The smallest absolute Gasteiger partial charge is 0.342 e. The average molecular weight is 342 g/mol. The Hall–Kier alpha value is -3.02. The quantitative estimate of drug-likeness (QED) is 0.615. The zero-order chi connectivity index (χ0) is 17.8. The van der Waals surface area contributed by atoms with Crippen LogP contribution in [0.3, 0.4) is 0 Å². The summed E-state index contributed by atoms with van der Waals surface area (Å²) in [5.74, 6) is 0.596. The molecule has 130 valence electrons. The first-order valence-electron chi connectivity index (χ1n) is 7.83. The van der Waals surface area contributed by atoms with E-state index in [1.807, 2.05) is 13.0 Å². The first kappa shape index (κ1) is 16.8. The van der Waals surface area contributed by atoms with Crippen LogP contribution in [0.15, 0.2) is 36.4 Å². The molecule has 1 aliphatic rings. The van der Waals surface area contributed by atoms with Gasteiger partial charge in [0, 0.05) is 5.56 Å². The molecule has 1 heterocycles. The number of carbonyl (C=O) groups excluding carboxylic acids is 2. The molecular formula is C19H18O6. The third-order valence-corrected chi connectivity index (χ3v) is 3.77. The van der Waals surface area contributed by atoms with Crippen molar-refractivity contribution in [3.8, 4) is 17.2 Å². The molecule has 2 aromatic carbocycles. The summed E-state index contributed by atoms with van der Waals surface area (Å²) in [4.78, 5) is 24.5. The van der Waals surface area contributed by atoms with E-state index in [9.17, 15) is 9.59 Å². The molecule has 25 heavy (non-hydrogen) atoms. The Kier molecular flexibility index (Phi) is 4.88. The number of hydrogen-bond acceptors (Lipinski definition) is 6. The van der Waals surface area contributed by atoms with Crippen molar-refractivity contribution in [2.45, 2.75) is 6.92 Å². The van der Waals surface area contributed by atoms with Crippen molar-refractivity contribution < 1.29 is 28.5 Å². The first-order valence-corrected chi connectivity index (χ1v) is 7.83. The van der Waals surface area contributed by atoms with Gasteiger partial charge in [0.15, 0.2) is 23.9 Å². The zero-order valence-corrected chi connectivity index (χ0v) is 14.0. The minimum absolute atomic E-state index is 0.289. The average Bonchev–Trinajstić information content (AvgIpc) is 2.65. The zero-order valence-electron chi connectivity index (χ0n) is 14.0. The number of rotatable bonds is 5. The van der Waals surface area contributed by atoms with Gasteiger partial charge in [-0.3, -0.25) is 4.79 Å². The Labute approximate surface area is 145 Å². The summed E-state index contributed by atoms with van der Waals surface area (Å²) < 4.78 is 21.2. The fraction of sp³-hybridized carbons (Fsp3) is 0.263. The molecule has 1 aliphatic heterocycles. The van der Waals surface area contributed by atoms with Crippen molar-refractivity contribution in [1.29, 1.82) is 0 Å². The van der Waals surface area contributed by atoms with E-state index in [1.165, 1.54) is 7.11 Å². The van der Waals surface area contributed by atoms with Gasteiger partial charge in [0.25, 0.3) is 0 Å². The van der Waals surface area contributed by atoms with Crippen molar-refractivity contribution in [2.75, 3.05) is 26.9 Å². The monoisotopic (exact) mass is 342 g/mol. The van der Waals surface area contributed by atoms with Gasteiger partial charge in [-0.1, -0.05) is 11.6 Å². The van der Waals surface area contributed by atoms with Crippen molar-refractivity contribution in [3.05, 3.63) is 53.1 Å². The van der Waals surface area contributed by atoms with Gasteiger partial charge in [-0.25, -0.2) is 4.79 Å². The van der Waals surface area contributed by atoms with Gasteiger partial charge in [0.1, 0.15) is 24.5 Å². The Morgan fingerprint density at radius 2 is 1.80 bits per heavy atom. The summed E-state index contributed by atoms with van der Waals surface area (Å²) >= 11 is 0. The number of Topliss-reactive ketones (excluding diaryl/α,β-unsaturated/α-hetero) is 1. The molecule has 0 fully saturated rings. The molecule has 3 rings (SSSR count). The van der Waals surface area contributed by atoms with Crippen molar-refractivity contribution in [1.82, 2.24) is 0 Å². The van der Waals surface area contributed by atoms with Crippen LogP contribution in [0, 0.1) is 6.92 Å². The van der Waals surface area contributed by atoms with Crippen LogP contribution in [0.4, 0.5) is 0 Å². The van der Waals surface area contributed by atoms with Gasteiger partial charge in [-0.2, -0.15) is 0 Å². The minimum Gasteiger partial charge on any atom is -0.496 e. The van der Waals surface area contributed by atoms with Crippen LogP contribution in [0.2, 0.25) is 0 Å². The lowest BCUT2D eigenvalue weighted by atomic mass is 10.1. The number of fused-ring (bicyclic) bond motifs is 1. The normalized spacial score (nSPS) is 12.4. The second-order valence-corrected chi connectivity index (χ2v) is 5.56. The lowest BCUT2D eigenvalue weighted by Gasteiger charge is -2.18. The van der Waals surface area contributed by atoms with Crippen molar-refractivity contribution >= 4 is 11.8 Å². The molecule has 0 unspecified atom stereocenters. The van der Waals surface area contributed by atoms with E-state index in [4.69, 9.17) is 18.9 Å². The molecule has 6 heteroatoms. The first-order chi connectivity index (χ1) is 12.1. The Morgan fingerprint density at radius 3 is 2.56 bits per heavy atom. The van der Waals surface area contributed by atoms with Crippen LogP contribution in [0.5, 0.6) is 17.2 Å². The molecule has 2 aromatic rings. The minimum atomic E-state index is -0.605. The van der Waals surface area contributed by atoms with Crippen LogP contribution in [-0.4, -0.2) is 38.7 Å². The van der Waals surface area contributed by atoms with Crippen molar-refractivity contribution in [3.63, 3.8) is 0 Å². The fourth-order valence-electron chi connectivity index (χ4n) is 2.49. The predicted octanol–water partition coefficient (Wildman–Crippen LogP) is 2.81. The van der Waals surface area contributed by atoms with E-state index >= 15 is 0 Å². The van der Waals surface area contributed by atoms with E-state index < -0.39 is 5.97 Å². The molecule has 0 amide bonds. The maximum Gasteiger partial charge on any atom is 0.342 e. The van der Waals surface area contributed by atoms with Crippen LogP contribution in [0.25, 0.3) is 0 Å². The summed E-state index contributed by atoms with van der Waals surface area (Å²) in [6, 6.07) is 10.1. The summed E-state index contributed by atoms with van der Waals surface area (Å²) in [6.45, 7) is 2.41. The molecule has 0 atom stereocenters. The number of carbonyl (C=O) groups is 2. The molecular weight excluding hydrogens is 324 g/mol. The molecule has 0 aliphatic carbocycles. The highest BCUT2D eigenvalue weighted by atomic mass is 16.6. The third kappa shape index (κ3) is 3.74. The number of ketones is 1. The molecule has 0 radical (unpaired) electrons. The van der Waals surface area contributed by atoms with E-state index in [0.29, 0.717) is 36.0 Å². The van der Waals surface area contributed by atoms with Crippen molar-refractivity contribution in [2.24, 2.45) is 0 Å². The molecule has 0 aromatic heterocycles. The lowest BCUT2D eigenvalue weighted by molar-refractivity contribution is 0.0471. The highest BCUT2D eigenvalue weighted by Crippen LogP contribution is 2.31. The van der Waals surface area contributed by atoms with Gasteiger partial charge in [0.05, 0.1) is 7.11 Å². The SMILES string of the molecule is COc1ccc(C)cc1C(=O)OCC(=O)c1ccc2c(c1)OCCO2. The topological polar surface area (TPSA) is 71.1 Å². The Balaban J connectivity index is 1.68. The maximum atomic E-state index is 12.3. The van der Waals surface area contributed by atoms with Crippen LogP contribution in [-0.2, 0) is 4.74 Å². The number of ether oxygens (including phenoxy) is 4. The Morgan fingerprint density at radius 1 is 1.04 bits per heavy atom. The summed E-state index contributed by atoms with van der Waals surface area (Å²) in [6.07, 6.45) is 0. The maximum absolute atomic E-state index is 12.3. The van der Waals surface area contributed by atoms with Gasteiger partial charge >= 0.3 is 5.97 Å². The molecule has 0 spiro atoms. The molecule has 0 N–H and O–H groups in total. The van der Waals surface area contributed by atoms with Crippen LogP contribution in [0.1, 0.15) is 26.3 Å². The number of esters is 1. The molecule has 0 saturated carbocycles. The summed E-state index contributed by atoms with van der Waals surface area (Å²) in [5.41, 5.74) is 1.58. The highest BCUT2D eigenvalue weighted by molar-refractivity contribution is 6.00. The summed E-state index contributed by atoms with van der Waals surface area (Å²) in [7, 11) is 1.47. The third-order valence-electron chi connectivity index (χ3n) is 3.77. The second-order valence-electron chi connectivity index (χ2n) is 5.56. The Bertz CT molecular complexity index is 812.